The topological polar surface area (TPSA) is 84.5 Å². The van der Waals surface area contributed by atoms with Crippen LogP contribution in [0.4, 0.5) is 5.69 Å². The van der Waals surface area contributed by atoms with Gasteiger partial charge in [0, 0.05) is 12.2 Å². The summed E-state index contributed by atoms with van der Waals surface area (Å²) >= 11 is 6.16. The Morgan fingerprint density at radius 3 is 2.50 bits per heavy atom. The second kappa shape index (κ2) is 11.0. The smallest absolute Gasteiger partial charge is 0.261 e. The highest BCUT2D eigenvalue weighted by atomic mass is 35.5. The average Bonchev–Trinajstić information content (AvgIpc) is 2.76. The lowest BCUT2D eigenvalue weighted by Crippen LogP contribution is -2.25. The van der Waals surface area contributed by atoms with Crippen LogP contribution in [0.25, 0.3) is 0 Å². The van der Waals surface area contributed by atoms with Crippen molar-refractivity contribution in [2.45, 2.75) is 24.7 Å². The number of ether oxygens (including phenoxy) is 1. The molecule has 0 spiro atoms. The first-order valence-electron chi connectivity index (χ1n) is 10.2. The van der Waals surface area contributed by atoms with Gasteiger partial charge in [-0.25, -0.2) is 8.42 Å². The van der Waals surface area contributed by atoms with Gasteiger partial charge in [-0.15, -0.1) is 0 Å². The standard InChI is InChI=1S/C24H25ClN2O4S/c1-18-8-7-9-19(16-18)27-32(29,30)21-12-13-23(25)22(17-21)24(28)26-14-5-6-15-31-20-10-3-2-4-11-20/h2-4,7-13,16-17,27H,5-6,14-15H2,1H3,(H,26,28). The zero-order valence-corrected chi connectivity index (χ0v) is 19.2. The summed E-state index contributed by atoms with van der Waals surface area (Å²) in [6.45, 7) is 2.83. The Morgan fingerprint density at radius 1 is 0.969 bits per heavy atom. The molecular weight excluding hydrogens is 448 g/mol. The maximum absolute atomic E-state index is 12.7. The zero-order chi connectivity index (χ0) is 23.0. The van der Waals surface area contributed by atoms with Crippen molar-refractivity contribution in [3.8, 4) is 5.75 Å². The number of hydrogen-bond donors (Lipinski definition) is 2. The van der Waals surface area contributed by atoms with E-state index in [9.17, 15) is 13.2 Å². The zero-order valence-electron chi connectivity index (χ0n) is 17.7. The van der Waals surface area contributed by atoms with E-state index in [0.29, 0.717) is 25.3 Å². The molecule has 0 fully saturated rings. The molecular formula is C24H25ClN2O4S. The van der Waals surface area contributed by atoms with Crippen molar-refractivity contribution in [2.24, 2.45) is 0 Å². The van der Waals surface area contributed by atoms with Crippen LogP contribution in [0.2, 0.25) is 5.02 Å². The van der Waals surface area contributed by atoms with Gasteiger partial charge in [-0.05, 0) is 67.8 Å². The summed E-state index contributed by atoms with van der Waals surface area (Å²) in [5, 5.41) is 2.96. The highest BCUT2D eigenvalue weighted by Gasteiger charge is 2.19. The number of carbonyl (C=O) groups is 1. The normalized spacial score (nSPS) is 11.1. The van der Waals surface area contributed by atoms with Gasteiger partial charge >= 0.3 is 0 Å². The number of aryl methyl sites for hydroxylation is 1. The van der Waals surface area contributed by atoms with Crippen LogP contribution in [0.3, 0.4) is 0 Å². The third-order valence-corrected chi connectivity index (χ3v) is 6.34. The molecule has 2 N–H and O–H groups in total. The van der Waals surface area contributed by atoms with E-state index < -0.39 is 15.9 Å². The fourth-order valence-electron chi connectivity index (χ4n) is 3.00. The van der Waals surface area contributed by atoms with Crippen molar-refractivity contribution in [1.29, 1.82) is 0 Å². The minimum atomic E-state index is -3.87. The molecule has 0 bridgehead atoms. The highest BCUT2D eigenvalue weighted by Crippen LogP contribution is 2.23. The number of rotatable bonds is 10. The number of anilines is 1. The molecule has 0 radical (unpaired) electrons. The van der Waals surface area contributed by atoms with Crippen molar-refractivity contribution in [3.05, 3.63) is 88.9 Å². The molecule has 0 atom stereocenters. The molecule has 3 aromatic carbocycles. The van der Waals surface area contributed by atoms with E-state index in [-0.39, 0.29) is 15.5 Å². The average molecular weight is 473 g/mol. The summed E-state index contributed by atoms with van der Waals surface area (Å²) in [5.74, 6) is 0.382. The summed E-state index contributed by atoms with van der Waals surface area (Å²) in [7, 11) is -3.87. The van der Waals surface area contributed by atoms with Crippen LogP contribution < -0.4 is 14.8 Å². The van der Waals surface area contributed by atoms with Crippen LogP contribution in [-0.2, 0) is 10.0 Å². The quantitative estimate of drug-likeness (QED) is 0.405. The molecule has 1 amide bonds. The number of hydrogen-bond acceptors (Lipinski definition) is 4. The monoisotopic (exact) mass is 472 g/mol. The number of amides is 1. The summed E-state index contributed by atoms with van der Waals surface area (Å²) in [5.41, 5.74) is 1.48. The van der Waals surface area contributed by atoms with Gasteiger partial charge in [0.1, 0.15) is 5.75 Å². The fourth-order valence-corrected chi connectivity index (χ4v) is 4.28. The minimum absolute atomic E-state index is 0.0372. The third-order valence-electron chi connectivity index (χ3n) is 4.63. The molecule has 3 rings (SSSR count). The van der Waals surface area contributed by atoms with Gasteiger partial charge in [0.15, 0.2) is 0 Å². The molecule has 0 aliphatic carbocycles. The second-order valence-corrected chi connectivity index (χ2v) is 9.33. The molecule has 0 saturated carbocycles. The van der Waals surface area contributed by atoms with Gasteiger partial charge in [0.25, 0.3) is 15.9 Å². The molecule has 0 heterocycles. The first kappa shape index (κ1) is 23.6. The molecule has 8 heteroatoms. The SMILES string of the molecule is Cc1cccc(NS(=O)(=O)c2ccc(Cl)c(C(=O)NCCCCOc3ccccc3)c2)c1. The summed E-state index contributed by atoms with van der Waals surface area (Å²) < 4.78 is 33.6. The fraction of sp³-hybridized carbons (Fsp3) is 0.208. The number of carbonyl (C=O) groups excluding carboxylic acids is 1. The van der Waals surface area contributed by atoms with E-state index in [0.717, 1.165) is 17.7 Å². The predicted octanol–water partition coefficient (Wildman–Crippen LogP) is 5.04. The maximum atomic E-state index is 12.7. The van der Waals surface area contributed by atoms with Crippen LogP contribution in [0.1, 0.15) is 28.8 Å². The van der Waals surface area contributed by atoms with E-state index in [2.05, 4.69) is 10.0 Å². The molecule has 0 aliphatic heterocycles. The van der Waals surface area contributed by atoms with Crippen molar-refractivity contribution in [2.75, 3.05) is 17.9 Å². The lowest BCUT2D eigenvalue weighted by molar-refractivity contribution is 0.0952. The number of halogens is 1. The molecule has 0 unspecified atom stereocenters. The maximum Gasteiger partial charge on any atom is 0.261 e. The van der Waals surface area contributed by atoms with E-state index in [1.807, 2.05) is 43.3 Å². The van der Waals surface area contributed by atoms with Gasteiger partial charge in [-0.1, -0.05) is 41.9 Å². The molecule has 6 nitrogen and oxygen atoms in total. The third kappa shape index (κ3) is 6.73. The molecule has 168 valence electrons. The molecule has 0 aliphatic rings. The first-order chi connectivity index (χ1) is 15.3. The molecule has 0 aromatic heterocycles. The van der Waals surface area contributed by atoms with Gasteiger partial charge < -0.3 is 10.1 Å². The van der Waals surface area contributed by atoms with Crippen LogP contribution in [0.15, 0.2) is 77.7 Å². The molecule has 3 aromatic rings. The van der Waals surface area contributed by atoms with Crippen molar-refractivity contribution >= 4 is 33.2 Å². The molecule has 32 heavy (non-hydrogen) atoms. The van der Waals surface area contributed by atoms with Crippen LogP contribution in [-0.4, -0.2) is 27.5 Å². The van der Waals surface area contributed by atoms with Gasteiger partial charge in [-0.3, -0.25) is 9.52 Å². The van der Waals surface area contributed by atoms with Crippen molar-refractivity contribution < 1.29 is 17.9 Å². The Balaban J connectivity index is 1.55. The number of unbranched alkanes of at least 4 members (excludes halogenated alkanes) is 1. The van der Waals surface area contributed by atoms with E-state index in [1.165, 1.54) is 18.2 Å². The summed E-state index contributed by atoms with van der Waals surface area (Å²) in [6, 6.07) is 20.6. The highest BCUT2D eigenvalue weighted by molar-refractivity contribution is 7.92. The predicted molar refractivity (Wildman–Crippen MR) is 127 cm³/mol. The van der Waals surface area contributed by atoms with E-state index in [1.54, 1.807) is 18.2 Å². The Hall–Kier alpha value is -3.03. The summed E-state index contributed by atoms with van der Waals surface area (Å²) in [4.78, 5) is 12.5. The number of sulfonamides is 1. The Kier molecular flexibility index (Phi) is 8.14. The first-order valence-corrected chi connectivity index (χ1v) is 12.1. The van der Waals surface area contributed by atoms with E-state index in [4.69, 9.17) is 16.3 Å². The number of nitrogens with one attached hydrogen (secondary N) is 2. The van der Waals surface area contributed by atoms with Crippen LogP contribution in [0.5, 0.6) is 5.75 Å². The molecule has 0 saturated heterocycles. The minimum Gasteiger partial charge on any atom is -0.494 e. The number of benzene rings is 3. The van der Waals surface area contributed by atoms with Crippen LogP contribution >= 0.6 is 11.6 Å². The van der Waals surface area contributed by atoms with Gasteiger partial charge in [0.2, 0.25) is 0 Å². The van der Waals surface area contributed by atoms with E-state index >= 15 is 0 Å². The lowest BCUT2D eigenvalue weighted by Gasteiger charge is -2.12. The summed E-state index contributed by atoms with van der Waals surface area (Å²) in [6.07, 6.45) is 1.47. The van der Waals surface area contributed by atoms with Gasteiger partial charge in [-0.2, -0.15) is 0 Å². The van der Waals surface area contributed by atoms with Crippen LogP contribution in [0, 0.1) is 6.92 Å². The largest absolute Gasteiger partial charge is 0.494 e. The Labute approximate surface area is 193 Å². The Bertz CT molecular complexity index is 1170. The second-order valence-electron chi connectivity index (χ2n) is 7.24. The Morgan fingerprint density at radius 2 is 1.75 bits per heavy atom. The van der Waals surface area contributed by atoms with Crippen molar-refractivity contribution in [3.63, 3.8) is 0 Å². The van der Waals surface area contributed by atoms with Crippen molar-refractivity contribution in [1.82, 2.24) is 5.32 Å². The lowest BCUT2D eigenvalue weighted by atomic mass is 10.2. The number of para-hydroxylation sites is 1. The van der Waals surface area contributed by atoms with Gasteiger partial charge in [0.05, 0.1) is 22.1 Å².